The second kappa shape index (κ2) is 7.67. The maximum atomic E-state index is 11.6. The van der Waals surface area contributed by atoms with Crippen LogP contribution in [0.25, 0.3) is 0 Å². The Hall–Kier alpha value is -0.610. The van der Waals surface area contributed by atoms with Gasteiger partial charge in [0.25, 0.3) is 0 Å². The van der Waals surface area contributed by atoms with Crippen LogP contribution in [-0.2, 0) is 9.53 Å². The van der Waals surface area contributed by atoms with Crippen molar-refractivity contribution in [3.05, 3.63) is 0 Å². The fourth-order valence-electron chi connectivity index (χ4n) is 2.19. The molecule has 1 aliphatic heterocycles. The van der Waals surface area contributed by atoms with Crippen molar-refractivity contribution in [1.82, 2.24) is 5.32 Å². The van der Waals surface area contributed by atoms with Crippen LogP contribution in [0.4, 0.5) is 0 Å². The molecule has 2 unspecified atom stereocenters. The number of nitrogens with two attached hydrogens (primary N) is 1. The third kappa shape index (κ3) is 6.64. The fraction of sp³-hybridized carbons (Fsp3) is 0.923. The summed E-state index contributed by atoms with van der Waals surface area (Å²) < 4.78 is 5.48. The van der Waals surface area contributed by atoms with Crippen LogP contribution >= 0.6 is 0 Å². The van der Waals surface area contributed by atoms with Crippen molar-refractivity contribution in [2.24, 2.45) is 11.7 Å². The van der Waals surface area contributed by atoms with E-state index in [0.717, 1.165) is 32.3 Å². The van der Waals surface area contributed by atoms with Crippen LogP contribution in [0.1, 0.15) is 46.0 Å². The summed E-state index contributed by atoms with van der Waals surface area (Å²) in [5, 5.41) is 2.89. The summed E-state index contributed by atoms with van der Waals surface area (Å²) in [7, 11) is 0. The molecule has 1 fully saturated rings. The van der Waals surface area contributed by atoms with Gasteiger partial charge < -0.3 is 15.8 Å². The number of amides is 1. The molecule has 0 bridgehead atoms. The van der Waals surface area contributed by atoms with Gasteiger partial charge in [-0.15, -0.1) is 0 Å². The first-order chi connectivity index (χ1) is 8.08. The second-order valence-corrected chi connectivity index (χ2v) is 5.37. The normalized spacial score (nSPS) is 21.8. The van der Waals surface area contributed by atoms with Crippen molar-refractivity contribution in [3.8, 4) is 0 Å². The van der Waals surface area contributed by atoms with Gasteiger partial charge in [0.05, 0.1) is 6.10 Å². The van der Waals surface area contributed by atoms with Gasteiger partial charge in [-0.25, -0.2) is 0 Å². The SMILES string of the molecule is CC(C)CC(N)CNC(=O)CCC1CCCO1. The minimum Gasteiger partial charge on any atom is -0.378 e. The molecule has 0 aromatic rings. The zero-order chi connectivity index (χ0) is 12.7. The first-order valence-electron chi connectivity index (χ1n) is 6.71. The largest absolute Gasteiger partial charge is 0.378 e. The zero-order valence-corrected chi connectivity index (χ0v) is 11.1. The van der Waals surface area contributed by atoms with Gasteiger partial charge in [-0.2, -0.15) is 0 Å². The number of nitrogens with one attached hydrogen (secondary N) is 1. The van der Waals surface area contributed by atoms with Gasteiger partial charge >= 0.3 is 0 Å². The Labute approximate surface area is 104 Å². The van der Waals surface area contributed by atoms with Crippen molar-refractivity contribution in [2.75, 3.05) is 13.2 Å². The Morgan fingerprint density at radius 3 is 2.88 bits per heavy atom. The van der Waals surface area contributed by atoms with E-state index < -0.39 is 0 Å². The lowest BCUT2D eigenvalue weighted by atomic mass is 10.0. The standard InChI is InChI=1S/C13H26N2O2/c1-10(2)8-11(14)9-15-13(16)6-5-12-4-3-7-17-12/h10-12H,3-9,14H2,1-2H3,(H,15,16). The lowest BCUT2D eigenvalue weighted by Crippen LogP contribution is -2.38. The smallest absolute Gasteiger partial charge is 0.220 e. The van der Waals surface area contributed by atoms with E-state index in [1.807, 2.05) is 0 Å². The summed E-state index contributed by atoms with van der Waals surface area (Å²) in [6, 6.07) is 0.0710. The van der Waals surface area contributed by atoms with Gasteiger partial charge in [-0.3, -0.25) is 4.79 Å². The summed E-state index contributed by atoms with van der Waals surface area (Å²) in [4.78, 5) is 11.6. The van der Waals surface area contributed by atoms with Crippen molar-refractivity contribution < 1.29 is 9.53 Å². The van der Waals surface area contributed by atoms with Crippen molar-refractivity contribution in [2.45, 2.75) is 58.1 Å². The van der Waals surface area contributed by atoms with E-state index in [4.69, 9.17) is 10.5 Å². The Kier molecular flexibility index (Phi) is 6.52. The van der Waals surface area contributed by atoms with Crippen LogP contribution in [0.5, 0.6) is 0 Å². The van der Waals surface area contributed by atoms with E-state index in [-0.39, 0.29) is 11.9 Å². The second-order valence-electron chi connectivity index (χ2n) is 5.37. The number of carbonyl (C=O) groups excluding carboxylic acids is 1. The Bertz CT molecular complexity index is 225. The summed E-state index contributed by atoms with van der Waals surface area (Å²) in [6.07, 6.45) is 4.87. The monoisotopic (exact) mass is 242 g/mol. The van der Waals surface area contributed by atoms with Crippen LogP contribution in [0, 0.1) is 5.92 Å². The van der Waals surface area contributed by atoms with Gasteiger partial charge in [-0.05, 0) is 31.6 Å². The molecule has 1 heterocycles. The molecule has 1 aliphatic rings. The predicted octanol–water partition coefficient (Wildman–Crippen LogP) is 1.44. The molecule has 4 nitrogen and oxygen atoms in total. The molecule has 0 saturated carbocycles. The van der Waals surface area contributed by atoms with Crippen LogP contribution in [0.3, 0.4) is 0 Å². The number of rotatable bonds is 7. The zero-order valence-electron chi connectivity index (χ0n) is 11.1. The Morgan fingerprint density at radius 1 is 1.53 bits per heavy atom. The molecule has 0 aromatic carbocycles. The molecule has 1 rings (SSSR count). The van der Waals surface area contributed by atoms with Crippen LogP contribution in [0.2, 0.25) is 0 Å². The van der Waals surface area contributed by atoms with Crippen molar-refractivity contribution in [1.29, 1.82) is 0 Å². The van der Waals surface area contributed by atoms with Crippen LogP contribution < -0.4 is 11.1 Å². The fourth-order valence-corrected chi connectivity index (χ4v) is 2.19. The molecule has 4 heteroatoms. The average molecular weight is 242 g/mol. The van der Waals surface area contributed by atoms with Crippen LogP contribution in [0.15, 0.2) is 0 Å². The van der Waals surface area contributed by atoms with Gasteiger partial charge in [-0.1, -0.05) is 13.8 Å². The summed E-state index contributed by atoms with van der Waals surface area (Å²) in [5.74, 6) is 0.675. The number of hydrogen-bond donors (Lipinski definition) is 2. The highest BCUT2D eigenvalue weighted by Crippen LogP contribution is 2.16. The molecule has 3 N–H and O–H groups in total. The Balaban J connectivity index is 2.04. The quantitative estimate of drug-likeness (QED) is 0.710. The van der Waals surface area contributed by atoms with E-state index in [1.165, 1.54) is 0 Å². The predicted molar refractivity (Wildman–Crippen MR) is 68.6 cm³/mol. The van der Waals surface area contributed by atoms with Gasteiger partial charge in [0.2, 0.25) is 5.91 Å². The molecule has 100 valence electrons. The van der Waals surface area contributed by atoms with E-state index in [9.17, 15) is 4.79 Å². The minimum absolute atomic E-state index is 0.0710. The average Bonchev–Trinajstić information content (AvgIpc) is 2.75. The van der Waals surface area contributed by atoms with Gasteiger partial charge in [0.15, 0.2) is 0 Å². The van der Waals surface area contributed by atoms with Gasteiger partial charge in [0, 0.05) is 25.6 Å². The summed E-state index contributed by atoms with van der Waals surface area (Å²) in [6.45, 7) is 5.71. The molecule has 0 spiro atoms. The molecule has 2 atom stereocenters. The molecular formula is C13H26N2O2. The topological polar surface area (TPSA) is 64.3 Å². The highest BCUT2D eigenvalue weighted by molar-refractivity contribution is 5.75. The first-order valence-corrected chi connectivity index (χ1v) is 6.71. The summed E-state index contributed by atoms with van der Waals surface area (Å²) >= 11 is 0. The molecule has 0 aromatic heterocycles. The number of hydrogen-bond acceptors (Lipinski definition) is 3. The lowest BCUT2D eigenvalue weighted by Gasteiger charge is -2.15. The number of carbonyl (C=O) groups is 1. The molecule has 0 radical (unpaired) electrons. The highest BCUT2D eigenvalue weighted by Gasteiger charge is 2.16. The third-order valence-corrected chi connectivity index (χ3v) is 3.05. The van der Waals surface area contributed by atoms with E-state index in [0.29, 0.717) is 25.0 Å². The molecule has 17 heavy (non-hydrogen) atoms. The molecule has 1 amide bonds. The van der Waals surface area contributed by atoms with Gasteiger partial charge in [0.1, 0.15) is 0 Å². The minimum atomic E-state index is 0.0710. The highest BCUT2D eigenvalue weighted by atomic mass is 16.5. The summed E-state index contributed by atoms with van der Waals surface area (Å²) in [5.41, 5.74) is 5.90. The first kappa shape index (κ1) is 14.5. The molecular weight excluding hydrogens is 216 g/mol. The third-order valence-electron chi connectivity index (χ3n) is 3.05. The van der Waals surface area contributed by atoms with E-state index in [1.54, 1.807) is 0 Å². The van der Waals surface area contributed by atoms with Crippen LogP contribution in [-0.4, -0.2) is 31.2 Å². The van der Waals surface area contributed by atoms with E-state index in [2.05, 4.69) is 19.2 Å². The Morgan fingerprint density at radius 2 is 2.29 bits per heavy atom. The maximum Gasteiger partial charge on any atom is 0.220 e. The lowest BCUT2D eigenvalue weighted by molar-refractivity contribution is -0.121. The van der Waals surface area contributed by atoms with Crippen molar-refractivity contribution in [3.63, 3.8) is 0 Å². The van der Waals surface area contributed by atoms with Crippen molar-refractivity contribution >= 4 is 5.91 Å². The molecule has 0 aliphatic carbocycles. The molecule has 1 saturated heterocycles. The van der Waals surface area contributed by atoms with E-state index >= 15 is 0 Å². The maximum absolute atomic E-state index is 11.6. The number of ether oxygens (including phenoxy) is 1.